The van der Waals surface area contributed by atoms with Crippen molar-refractivity contribution in [3.05, 3.63) is 34.9 Å². The average Bonchev–Trinajstić information content (AvgIpc) is 2.81. The van der Waals surface area contributed by atoms with Crippen LogP contribution in [0, 0.1) is 0 Å². The van der Waals surface area contributed by atoms with E-state index in [0.717, 1.165) is 10.5 Å². The molecule has 1 aliphatic rings. The predicted octanol–water partition coefficient (Wildman–Crippen LogP) is 2.80. The molecule has 1 amide bonds. The molecule has 2 rings (SSSR count). The summed E-state index contributed by atoms with van der Waals surface area (Å²) < 4.78 is 38.0. The minimum atomic E-state index is -4.71. The van der Waals surface area contributed by atoms with E-state index in [1.165, 1.54) is 0 Å². The van der Waals surface area contributed by atoms with Gasteiger partial charge in [-0.25, -0.2) is 0 Å². The van der Waals surface area contributed by atoms with Crippen LogP contribution in [0.15, 0.2) is 24.3 Å². The lowest BCUT2D eigenvalue weighted by molar-refractivity contribution is -0.253. The van der Waals surface area contributed by atoms with Crippen molar-refractivity contribution in [3.8, 4) is 0 Å². The second kappa shape index (κ2) is 5.85. The Morgan fingerprint density at radius 1 is 1.33 bits per heavy atom. The summed E-state index contributed by atoms with van der Waals surface area (Å²) in [6.45, 7) is -0.759. The summed E-state index contributed by atoms with van der Waals surface area (Å²) in [6.07, 6.45) is -4.64. The molecule has 1 aromatic carbocycles. The Balaban J connectivity index is 1.89. The molecule has 7 heteroatoms. The molecule has 0 aliphatic carbocycles. The summed E-state index contributed by atoms with van der Waals surface area (Å²) in [5.74, 6) is -0.384. The Hall–Kier alpha value is -1.27. The van der Waals surface area contributed by atoms with Crippen molar-refractivity contribution >= 4 is 17.5 Å². The molecular weight excluding hydrogens is 307 g/mol. The first kappa shape index (κ1) is 16.1. The number of amides is 1. The van der Waals surface area contributed by atoms with E-state index in [0.29, 0.717) is 11.4 Å². The lowest BCUT2D eigenvalue weighted by Gasteiger charge is -2.25. The maximum absolute atomic E-state index is 12.7. The molecule has 116 valence electrons. The van der Waals surface area contributed by atoms with Gasteiger partial charge in [-0.1, -0.05) is 23.7 Å². The normalized spacial score (nSPS) is 22.6. The quantitative estimate of drug-likeness (QED) is 0.930. The maximum atomic E-state index is 12.7. The van der Waals surface area contributed by atoms with Gasteiger partial charge in [0, 0.05) is 24.4 Å². The van der Waals surface area contributed by atoms with Crippen molar-refractivity contribution in [3.63, 3.8) is 0 Å². The highest BCUT2D eigenvalue weighted by atomic mass is 35.5. The Bertz CT molecular complexity index is 518. The van der Waals surface area contributed by atoms with Gasteiger partial charge in [-0.3, -0.25) is 4.79 Å². The van der Waals surface area contributed by atoms with E-state index in [4.69, 9.17) is 11.6 Å². The number of hydrogen-bond acceptors (Lipinski definition) is 2. The number of carbonyl (C=O) groups is 1. The molecule has 0 radical (unpaired) electrons. The molecule has 1 aliphatic heterocycles. The van der Waals surface area contributed by atoms with Crippen LogP contribution < -0.4 is 0 Å². The maximum Gasteiger partial charge on any atom is 0.419 e. The second-order valence-electron chi connectivity index (χ2n) is 5.22. The van der Waals surface area contributed by atoms with Crippen molar-refractivity contribution in [2.45, 2.75) is 31.0 Å². The molecule has 1 aromatic rings. The molecule has 0 bridgehead atoms. The molecule has 1 heterocycles. The first-order valence-corrected chi connectivity index (χ1v) is 6.90. The van der Waals surface area contributed by atoms with Gasteiger partial charge in [0.15, 0.2) is 5.60 Å². The van der Waals surface area contributed by atoms with Crippen LogP contribution in [0.2, 0.25) is 5.02 Å². The highest BCUT2D eigenvalue weighted by Gasteiger charge is 2.57. The van der Waals surface area contributed by atoms with Gasteiger partial charge in [-0.2, -0.15) is 13.2 Å². The summed E-state index contributed by atoms with van der Waals surface area (Å²) in [4.78, 5) is 13.0. The minimum absolute atomic E-state index is 0.0739. The summed E-state index contributed by atoms with van der Waals surface area (Å²) in [6, 6.07) is 6.93. The third-order valence-corrected chi connectivity index (χ3v) is 3.92. The molecule has 0 unspecified atom stereocenters. The van der Waals surface area contributed by atoms with E-state index in [1.807, 2.05) is 0 Å². The van der Waals surface area contributed by atoms with Crippen LogP contribution in [-0.2, 0) is 11.2 Å². The molecular formula is C14H15ClF3NO2. The molecule has 0 spiro atoms. The molecule has 1 N–H and O–H groups in total. The lowest BCUT2D eigenvalue weighted by Crippen LogP contribution is -2.48. The fraction of sp³-hybridized carbons (Fsp3) is 0.500. The van der Waals surface area contributed by atoms with E-state index in [2.05, 4.69) is 0 Å². The number of alkyl halides is 3. The number of nitrogens with zero attached hydrogens (tertiary/aromatic N) is 1. The largest absolute Gasteiger partial charge is 0.419 e. The number of benzene rings is 1. The molecule has 0 aromatic heterocycles. The fourth-order valence-corrected chi connectivity index (χ4v) is 2.42. The zero-order chi connectivity index (χ0) is 15.7. The number of carbonyl (C=O) groups excluding carboxylic acids is 1. The fourth-order valence-electron chi connectivity index (χ4n) is 2.30. The van der Waals surface area contributed by atoms with Gasteiger partial charge >= 0.3 is 6.18 Å². The molecule has 0 saturated carbocycles. The van der Waals surface area contributed by atoms with Crippen LogP contribution in [0.1, 0.15) is 18.4 Å². The van der Waals surface area contributed by atoms with E-state index >= 15 is 0 Å². The van der Waals surface area contributed by atoms with E-state index in [9.17, 15) is 23.1 Å². The minimum Gasteiger partial charge on any atom is -0.379 e. The van der Waals surface area contributed by atoms with Gasteiger partial charge in [0.25, 0.3) is 0 Å². The predicted molar refractivity (Wildman–Crippen MR) is 72.0 cm³/mol. The topological polar surface area (TPSA) is 40.5 Å². The van der Waals surface area contributed by atoms with Crippen molar-refractivity contribution < 1.29 is 23.1 Å². The average molecular weight is 322 g/mol. The van der Waals surface area contributed by atoms with Gasteiger partial charge in [0.1, 0.15) is 0 Å². The Kier molecular flexibility index (Phi) is 4.49. The first-order valence-electron chi connectivity index (χ1n) is 6.53. The van der Waals surface area contributed by atoms with Gasteiger partial charge < -0.3 is 10.0 Å². The zero-order valence-corrected chi connectivity index (χ0v) is 11.9. The zero-order valence-electron chi connectivity index (χ0n) is 11.2. The van der Waals surface area contributed by atoms with Crippen molar-refractivity contribution in [1.82, 2.24) is 4.90 Å². The van der Waals surface area contributed by atoms with Crippen LogP contribution in [0.3, 0.4) is 0 Å². The number of aryl methyl sites for hydroxylation is 1. The Labute approximate surface area is 125 Å². The molecule has 1 saturated heterocycles. The van der Waals surface area contributed by atoms with Crippen LogP contribution in [0.25, 0.3) is 0 Å². The first-order chi connectivity index (χ1) is 9.71. The van der Waals surface area contributed by atoms with Crippen LogP contribution in [0.4, 0.5) is 13.2 Å². The molecule has 1 fully saturated rings. The number of rotatable bonds is 3. The number of aliphatic hydroxyl groups is 1. The smallest absolute Gasteiger partial charge is 0.379 e. The molecule has 1 atom stereocenters. The van der Waals surface area contributed by atoms with E-state index in [1.54, 1.807) is 24.3 Å². The van der Waals surface area contributed by atoms with Crippen molar-refractivity contribution in [1.29, 1.82) is 0 Å². The standard InChI is InChI=1S/C14H15ClF3NO2/c15-11-4-1-10(2-5-11)3-6-12(20)19-8-7-13(21,9-19)14(16,17)18/h1-2,4-5,21H,3,6-9H2/t13-/m1/s1. The SMILES string of the molecule is O=C(CCc1ccc(Cl)cc1)N1CC[C@](O)(C(F)(F)F)C1. The highest BCUT2D eigenvalue weighted by molar-refractivity contribution is 6.30. The summed E-state index contributed by atoms with van der Waals surface area (Å²) in [5, 5.41) is 10.1. The Morgan fingerprint density at radius 2 is 1.95 bits per heavy atom. The summed E-state index contributed by atoms with van der Waals surface area (Å²) in [5.41, 5.74) is -1.89. The second-order valence-corrected chi connectivity index (χ2v) is 5.66. The lowest BCUT2D eigenvalue weighted by atomic mass is 10.0. The third kappa shape index (κ3) is 3.68. The number of hydrogen-bond donors (Lipinski definition) is 1. The Morgan fingerprint density at radius 3 is 2.48 bits per heavy atom. The summed E-state index contributed by atoms with van der Waals surface area (Å²) >= 11 is 5.74. The third-order valence-electron chi connectivity index (χ3n) is 3.67. The van der Waals surface area contributed by atoms with Crippen molar-refractivity contribution in [2.75, 3.05) is 13.1 Å². The highest BCUT2D eigenvalue weighted by Crippen LogP contribution is 2.37. The molecule has 21 heavy (non-hydrogen) atoms. The monoisotopic (exact) mass is 321 g/mol. The number of likely N-dealkylation sites (tertiary alicyclic amines) is 1. The molecule has 3 nitrogen and oxygen atoms in total. The summed E-state index contributed by atoms with van der Waals surface area (Å²) in [7, 11) is 0. The van der Waals surface area contributed by atoms with Gasteiger partial charge in [0.05, 0.1) is 6.54 Å². The van der Waals surface area contributed by atoms with Crippen molar-refractivity contribution in [2.24, 2.45) is 0 Å². The number of halogens is 4. The number of β-amino-alcohol motifs (C(OH)–C–C–N with tert-alkyl or cyclic N) is 1. The van der Waals surface area contributed by atoms with Crippen LogP contribution in [-0.4, -0.2) is 40.8 Å². The van der Waals surface area contributed by atoms with Gasteiger partial charge in [0.2, 0.25) is 5.91 Å². The van der Waals surface area contributed by atoms with E-state index in [-0.39, 0.29) is 18.9 Å². The van der Waals surface area contributed by atoms with Crippen LogP contribution in [0.5, 0.6) is 0 Å². The van der Waals surface area contributed by atoms with Gasteiger partial charge in [-0.05, 0) is 24.1 Å². The van der Waals surface area contributed by atoms with E-state index < -0.39 is 24.7 Å². The van der Waals surface area contributed by atoms with Crippen LogP contribution >= 0.6 is 11.6 Å². The van der Waals surface area contributed by atoms with Gasteiger partial charge in [-0.15, -0.1) is 0 Å².